The van der Waals surface area contributed by atoms with Gasteiger partial charge in [-0.1, -0.05) is 29.3 Å². The van der Waals surface area contributed by atoms with Gasteiger partial charge < -0.3 is 9.47 Å². The van der Waals surface area contributed by atoms with Gasteiger partial charge in [-0.2, -0.15) is 0 Å². The van der Waals surface area contributed by atoms with E-state index in [1.807, 2.05) is 6.92 Å². The predicted octanol–water partition coefficient (Wildman–Crippen LogP) is 3.55. The molecular formula is C19H20Cl2N2O4. The summed E-state index contributed by atoms with van der Waals surface area (Å²) < 4.78 is 10.9. The predicted molar refractivity (Wildman–Crippen MR) is 104 cm³/mol. The number of hydrazine groups is 1. The maximum Gasteiger partial charge on any atom is 0.279 e. The van der Waals surface area contributed by atoms with Crippen molar-refractivity contribution in [3.05, 3.63) is 58.1 Å². The average molecular weight is 411 g/mol. The molecule has 2 rings (SSSR count). The second kappa shape index (κ2) is 10.0. The summed E-state index contributed by atoms with van der Waals surface area (Å²) in [4.78, 5) is 24.1. The molecule has 8 heteroatoms. The van der Waals surface area contributed by atoms with E-state index in [1.165, 1.54) is 0 Å². The highest BCUT2D eigenvalue weighted by atomic mass is 35.5. The number of carbonyl (C=O) groups is 2. The topological polar surface area (TPSA) is 76.7 Å². The number of amides is 2. The molecule has 0 aliphatic heterocycles. The largest absolute Gasteiger partial charge is 0.494 e. The second-order valence-corrected chi connectivity index (χ2v) is 6.39. The quantitative estimate of drug-likeness (QED) is 0.684. The number of hydrogen-bond acceptors (Lipinski definition) is 4. The molecule has 6 nitrogen and oxygen atoms in total. The van der Waals surface area contributed by atoms with Gasteiger partial charge >= 0.3 is 0 Å². The summed E-state index contributed by atoms with van der Waals surface area (Å²) in [6, 6.07) is 11.9. The van der Waals surface area contributed by atoms with Crippen molar-refractivity contribution in [2.45, 2.75) is 26.4 Å². The van der Waals surface area contributed by atoms with Gasteiger partial charge in [0.15, 0.2) is 6.10 Å². The van der Waals surface area contributed by atoms with Crippen LogP contribution in [0.3, 0.4) is 0 Å². The van der Waals surface area contributed by atoms with Crippen LogP contribution in [0.2, 0.25) is 10.0 Å². The molecule has 144 valence electrons. The van der Waals surface area contributed by atoms with Crippen molar-refractivity contribution >= 4 is 35.0 Å². The first-order valence-electron chi connectivity index (χ1n) is 8.31. The minimum absolute atomic E-state index is 0.0626. The van der Waals surface area contributed by atoms with E-state index in [-0.39, 0.29) is 6.42 Å². The van der Waals surface area contributed by atoms with Crippen molar-refractivity contribution in [3.63, 3.8) is 0 Å². The summed E-state index contributed by atoms with van der Waals surface area (Å²) in [6.45, 7) is 4.03. The normalized spacial score (nSPS) is 11.4. The molecule has 0 radical (unpaired) electrons. The highest BCUT2D eigenvalue weighted by Crippen LogP contribution is 2.24. The molecular weight excluding hydrogens is 391 g/mol. The Bertz CT molecular complexity index is 777. The lowest BCUT2D eigenvalue weighted by Gasteiger charge is -2.15. The molecule has 0 aromatic heterocycles. The Morgan fingerprint density at radius 2 is 1.59 bits per heavy atom. The van der Waals surface area contributed by atoms with Crippen molar-refractivity contribution < 1.29 is 19.1 Å². The van der Waals surface area contributed by atoms with Gasteiger partial charge in [0.1, 0.15) is 11.5 Å². The van der Waals surface area contributed by atoms with Gasteiger partial charge in [0.2, 0.25) is 5.91 Å². The SMILES string of the molecule is CCOc1ccc(OC(C)C(=O)NNC(=O)Cc2c(Cl)cccc2Cl)cc1. The summed E-state index contributed by atoms with van der Waals surface area (Å²) in [5.41, 5.74) is 5.13. The number of benzene rings is 2. The zero-order valence-electron chi connectivity index (χ0n) is 14.9. The van der Waals surface area contributed by atoms with Gasteiger partial charge in [0.25, 0.3) is 5.91 Å². The molecule has 0 bridgehead atoms. The van der Waals surface area contributed by atoms with Crippen LogP contribution in [-0.2, 0) is 16.0 Å². The maximum absolute atomic E-state index is 12.1. The van der Waals surface area contributed by atoms with E-state index in [4.69, 9.17) is 32.7 Å². The lowest BCUT2D eigenvalue weighted by Crippen LogP contribution is -2.47. The third kappa shape index (κ3) is 6.34. The van der Waals surface area contributed by atoms with Crippen molar-refractivity contribution in [2.75, 3.05) is 6.61 Å². The zero-order valence-corrected chi connectivity index (χ0v) is 16.4. The van der Waals surface area contributed by atoms with Gasteiger partial charge in [-0.05, 0) is 55.8 Å². The van der Waals surface area contributed by atoms with Gasteiger partial charge in [0, 0.05) is 10.0 Å². The van der Waals surface area contributed by atoms with E-state index in [0.717, 1.165) is 0 Å². The number of carbonyl (C=O) groups excluding carboxylic acids is 2. The van der Waals surface area contributed by atoms with Crippen molar-refractivity contribution in [1.82, 2.24) is 10.9 Å². The van der Waals surface area contributed by atoms with Gasteiger partial charge in [-0.15, -0.1) is 0 Å². The molecule has 0 spiro atoms. The molecule has 27 heavy (non-hydrogen) atoms. The summed E-state index contributed by atoms with van der Waals surface area (Å²) in [7, 11) is 0. The van der Waals surface area contributed by atoms with E-state index in [1.54, 1.807) is 49.4 Å². The van der Waals surface area contributed by atoms with Crippen molar-refractivity contribution in [3.8, 4) is 11.5 Å². The fourth-order valence-corrected chi connectivity index (χ4v) is 2.71. The number of nitrogens with one attached hydrogen (secondary N) is 2. The Hall–Kier alpha value is -2.44. The third-order valence-electron chi connectivity index (χ3n) is 3.54. The van der Waals surface area contributed by atoms with E-state index in [9.17, 15) is 9.59 Å². The fourth-order valence-electron chi connectivity index (χ4n) is 2.18. The van der Waals surface area contributed by atoms with Crippen LogP contribution < -0.4 is 20.3 Å². The van der Waals surface area contributed by atoms with Crippen LogP contribution in [0.4, 0.5) is 0 Å². The molecule has 1 atom stereocenters. The van der Waals surface area contributed by atoms with Gasteiger partial charge in [-0.25, -0.2) is 0 Å². The maximum atomic E-state index is 12.1. The lowest BCUT2D eigenvalue weighted by molar-refractivity contribution is -0.132. The first kappa shape index (κ1) is 20.9. The van der Waals surface area contributed by atoms with Crippen LogP contribution in [0.1, 0.15) is 19.4 Å². The second-order valence-electron chi connectivity index (χ2n) is 5.58. The molecule has 0 aliphatic rings. The monoisotopic (exact) mass is 410 g/mol. The third-order valence-corrected chi connectivity index (χ3v) is 4.25. The number of rotatable bonds is 7. The van der Waals surface area contributed by atoms with Crippen LogP contribution >= 0.6 is 23.2 Å². The number of ether oxygens (including phenoxy) is 2. The van der Waals surface area contributed by atoms with E-state index in [0.29, 0.717) is 33.7 Å². The molecule has 2 N–H and O–H groups in total. The Morgan fingerprint density at radius 3 is 2.19 bits per heavy atom. The Balaban J connectivity index is 1.82. The van der Waals surface area contributed by atoms with Gasteiger partial charge in [-0.3, -0.25) is 20.4 Å². The first-order valence-corrected chi connectivity index (χ1v) is 9.07. The standard InChI is InChI=1S/C19H20Cl2N2O4/c1-3-26-13-7-9-14(10-8-13)27-12(2)19(25)23-22-18(24)11-15-16(20)5-4-6-17(15)21/h4-10,12H,3,11H2,1-2H3,(H,22,24)(H,23,25). The molecule has 0 aliphatic carbocycles. The lowest BCUT2D eigenvalue weighted by atomic mass is 10.1. The highest BCUT2D eigenvalue weighted by Gasteiger charge is 2.16. The molecule has 2 aromatic carbocycles. The van der Waals surface area contributed by atoms with Crippen LogP contribution in [0, 0.1) is 0 Å². The minimum Gasteiger partial charge on any atom is -0.494 e. The van der Waals surface area contributed by atoms with Crippen molar-refractivity contribution in [1.29, 1.82) is 0 Å². The van der Waals surface area contributed by atoms with Crippen molar-refractivity contribution in [2.24, 2.45) is 0 Å². The molecule has 0 heterocycles. The molecule has 2 aromatic rings. The number of hydrogen-bond donors (Lipinski definition) is 2. The van der Waals surface area contributed by atoms with E-state index in [2.05, 4.69) is 10.9 Å². The smallest absolute Gasteiger partial charge is 0.279 e. The summed E-state index contributed by atoms with van der Waals surface area (Å²) >= 11 is 12.1. The van der Waals surface area contributed by atoms with Crippen LogP contribution in [-0.4, -0.2) is 24.5 Å². The molecule has 1 unspecified atom stereocenters. The molecule has 0 saturated heterocycles. The first-order chi connectivity index (χ1) is 12.9. The van der Waals surface area contributed by atoms with Crippen LogP contribution in [0.15, 0.2) is 42.5 Å². The molecule has 2 amide bonds. The highest BCUT2D eigenvalue weighted by molar-refractivity contribution is 6.36. The number of halogens is 2. The van der Waals surface area contributed by atoms with E-state index < -0.39 is 17.9 Å². The van der Waals surface area contributed by atoms with E-state index >= 15 is 0 Å². The minimum atomic E-state index is -0.813. The zero-order chi connectivity index (χ0) is 19.8. The summed E-state index contributed by atoms with van der Waals surface area (Å²) in [5, 5.41) is 0.771. The fraction of sp³-hybridized carbons (Fsp3) is 0.263. The summed E-state index contributed by atoms with van der Waals surface area (Å²) in [5.74, 6) is 0.275. The average Bonchev–Trinajstić information content (AvgIpc) is 2.64. The van der Waals surface area contributed by atoms with Gasteiger partial charge in [0.05, 0.1) is 13.0 Å². The summed E-state index contributed by atoms with van der Waals surface area (Å²) in [6.07, 6.45) is -0.875. The molecule has 0 saturated carbocycles. The van der Waals surface area contributed by atoms with Crippen LogP contribution in [0.25, 0.3) is 0 Å². The Kier molecular flexibility index (Phi) is 7.76. The molecule has 0 fully saturated rings. The Morgan fingerprint density at radius 1 is 1.00 bits per heavy atom. The van der Waals surface area contributed by atoms with Crippen LogP contribution in [0.5, 0.6) is 11.5 Å². The Labute approximate surface area is 167 Å².